The molecule has 1 atom stereocenters. The summed E-state index contributed by atoms with van der Waals surface area (Å²) in [6.45, 7) is 2.29. The molecule has 0 amide bonds. The van der Waals surface area contributed by atoms with Crippen molar-refractivity contribution in [3.63, 3.8) is 0 Å². The van der Waals surface area contributed by atoms with Crippen molar-refractivity contribution < 1.29 is 4.42 Å². The Morgan fingerprint density at radius 2 is 1.27 bits per heavy atom. The lowest BCUT2D eigenvalue weighted by Crippen LogP contribution is -2.10. The molecule has 0 bridgehead atoms. The number of hydrogen-bond donors (Lipinski definition) is 0. The van der Waals surface area contributed by atoms with Crippen molar-refractivity contribution in [2.45, 2.75) is 13.3 Å². The molecule has 2 nitrogen and oxygen atoms in total. The van der Waals surface area contributed by atoms with Gasteiger partial charge in [0, 0.05) is 22.1 Å². The van der Waals surface area contributed by atoms with Gasteiger partial charge in [-0.25, -0.2) is 0 Å². The van der Waals surface area contributed by atoms with Crippen molar-refractivity contribution in [3.8, 4) is 11.1 Å². The lowest BCUT2D eigenvalue weighted by molar-refractivity contribution is 0.667. The van der Waals surface area contributed by atoms with Crippen molar-refractivity contribution in [1.29, 1.82) is 0 Å². The highest BCUT2D eigenvalue weighted by molar-refractivity contribution is 6.20. The van der Waals surface area contributed by atoms with Gasteiger partial charge in [0.05, 0.1) is 5.69 Å². The van der Waals surface area contributed by atoms with Crippen LogP contribution in [0.2, 0.25) is 0 Å². The highest BCUT2D eigenvalue weighted by Gasteiger charge is 2.22. The summed E-state index contributed by atoms with van der Waals surface area (Å²) in [5.41, 5.74) is 10.1. The Bertz CT molecular complexity index is 2750. The van der Waals surface area contributed by atoms with E-state index >= 15 is 0 Å². The fraction of sp³-hybridized carbons (Fsp3) is 0.0638. The van der Waals surface area contributed by atoms with Gasteiger partial charge in [0.1, 0.15) is 5.58 Å². The van der Waals surface area contributed by atoms with Gasteiger partial charge in [0.25, 0.3) is 0 Å². The van der Waals surface area contributed by atoms with E-state index in [9.17, 15) is 0 Å². The second-order valence-corrected chi connectivity index (χ2v) is 13.4. The normalized spacial score (nSPS) is 14.3. The molecule has 0 saturated heterocycles. The van der Waals surface area contributed by atoms with E-state index in [4.69, 9.17) is 4.42 Å². The minimum absolute atomic E-state index is 0.507. The third-order valence-corrected chi connectivity index (χ3v) is 10.4. The highest BCUT2D eigenvalue weighted by Crippen LogP contribution is 2.44. The van der Waals surface area contributed by atoms with Crippen molar-refractivity contribution >= 4 is 77.4 Å². The van der Waals surface area contributed by atoms with Gasteiger partial charge in [-0.3, -0.25) is 0 Å². The molecule has 0 N–H and O–H groups in total. The van der Waals surface area contributed by atoms with Gasteiger partial charge < -0.3 is 9.32 Å². The average molecular weight is 628 g/mol. The largest absolute Gasteiger partial charge is 0.454 e. The summed E-state index contributed by atoms with van der Waals surface area (Å²) in [4.78, 5) is 2.32. The zero-order valence-corrected chi connectivity index (χ0v) is 27.2. The van der Waals surface area contributed by atoms with Crippen molar-refractivity contribution in [2.75, 3.05) is 4.90 Å². The molecule has 1 aromatic heterocycles. The number of rotatable bonds is 4. The van der Waals surface area contributed by atoms with Gasteiger partial charge in [-0.05, 0) is 109 Å². The summed E-state index contributed by atoms with van der Waals surface area (Å²) < 4.78 is 6.73. The first-order chi connectivity index (χ1) is 24.2. The summed E-state index contributed by atoms with van der Waals surface area (Å²) in [6.07, 6.45) is 5.60. The van der Waals surface area contributed by atoms with Crippen LogP contribution in [0.3, 0.4) is 0 Å². The maximum atomic E-state index is 6.73. The molecule has 0 radical (unpaired) electrons. The zero-order valence-electron chi connectivity index (χ0n) is 27.2. The lowest BCUT2D eigenvalue weighted by atomic mass is 9.88. The summed E-state index contributed by atoms with van der Waals surface area (Å²) in [6, 6.07) is 55.0. The molecular formula is C47H33NO. The Hall–Kier alpha value is -6.12. The fourth-order valence-electron chi connectivity index (χ4n) is 7.99. The Morgan fingerprint density at radius 1 is 0.551 bits per heavy atom. The zero-order chi connectivity index (χ0) is 32.5. The maximum absolute atomic E-state index is 6.73. The van der Waals surface area contributed by atoms with Crippen molar-refractivity contribution in [3.05, 3.63) is 169 Å². The Balaban J connectivity index is 1.09. The van der Waals surface area contributed by atoms with Crippen LogP contribution in [0.4, 0.5) is 17.1 Å². The van der Waals surface area contributed by atoms with Gasteiger partial charge >= 0.3 is 0 Å². The lowest BCUT2D eigenvalue weighted by Gasteiger charge is -2.25. The minimum Gasteiger partial charge on any atom is -0.454 e. The van der Waals surface area contributed by atoms with E-state index in [-0.39, 0.29) is 0 Å². The van der Waals surface area contributed by atoms with Crippen LogP contribution < -0.4 is 4.90 Å². The molecule has 1 aliphatic carbocycles. The van der Waals surface area contributed by atoms with Crippen LogP contribution in [0.15, 0.2) is 162 Å². The maximum Gasteiger partial charge on any atom is 0.159 e. The van der Waals surface area contributed by atoms with Gasteiger partial charge in [0.15, 0.2) is 5.58 Å². The predicted molar refractivity (Wildman–Crippen MR) is 208 cm³/mol. The molecule has 9 aromatic rings. The van der Waals surface area contributed by atoms with Crippen LogP contribution in [0, 0.1) is 5.92 Å². The first-order valence-corrected chi connectivity index (χ1v) is 17.1. The van der Waals surface area contributed by atoms with Gasteiger partial charge in [-0.15, -0.1) is 0 Å². The van der Waals surface area contributed by atoms with E-state index in [2.05, 4.69) is 176 Å². The molecule has 0 spiro atoms. The second kappa shape index (κ2) is 11.0. The van der Waals surface area contributed by atoms with Gasteiger partial charge in [-0.2, -0.15) is 0 Å². The Morgan fingerprint density at radius 3 is 2.14 bits per heavy atom. The van der Waals surface area contributed by atoms with Crippen LogP contribution in [-0.2, 0) is 6.42 Å². The number of nitrogens with zero attached hydrogens (tertiary/aromatic N) is 1. The monoisotopic (exact) mass is 627 g/mol. The van der Waals surface area contributed by atoms with Crippen LogP contribution in [-0.4, -0.2) is 0 Å². The molecule has 49 heavy (non-hydrogen) atoms. The van der Waals surface area contributed by atoms with E-state index in [1.165, 1.54) is 65.3 Å². The standard InChI is InChI=1S/C47H33NO/c1-30-14-15-33-23-27-44-46(42(33)28-30)41-12-7-13-43(47(41)49-44)48(37-9-3-2-4-10-37)38-24-20-31(21-25-38)35-22-26-40-36(29-35)19-18-34-17-16-32-8-5-6-11-39(32)45(34)40/h2-27,29-30H,28H2,1H3. The summed E-state index contributed by atoms with van der Waals surface area (Å²) >= 11 is 0. The number of furan rings is 1. The molecule has 1 aliphatic rings. The first kappa shape index (κ1) is 27.9. The average Bonchev–Trinajstić information content (AvgIpc) is 3.55. The van der Waals surface area contributed by atoms with E-state index in [1.807, 2.05) is 0 Å². The van der Waals surface area contributed by atoms with Crippen LogP contribution in [0.5, 0.6) is 0 Å². The van der Waals surface area contributed by atoms with E-state index in [0.717, 1.165) is 34.6 Å². The summed E-state index contributed by atoms with van der Waals surface area (Å²) in [7, 11) is 0. The van der Waals surface area contributed by atoms with Crippen LogP contribution >= 0.6 is 0 Å². The van der Waals surface area contributed by atoms with Gasteiger partial charge in [0.2, 0.25) is 0 Å². The molecule has 0 fully saturated rings. The smallest absolute Gasteiger partial charge is 0.159 e. The van der Waals surface area contributed by atoms with Crippen molar-refractivity contribution in [1.82, 2.24) is 0 Å². The van der Waals surface area contributed by atoms with E-state index < -0.39 is 0 Å². The number of allylic oxidation sites excluding steroid dienone is 1. The Kier molecular flexibility index (Phi) is 6.25. The summed E-state index contributed by atoms with van der Waals surface area (Å²) in [5.74, 6) is 0.507. The Labute approximate surface area is 285 Å². The van der Waals surface area contributed by atoms with E-state index in [1.54, 1.807) is 0 Å². The van der Waals surface area contributed by atoms with Crippen molar-refractivity contribution in [2.24, 2.45) is 5.92 Å². The quantitative estimate of drug-likeness (QED) is 0.181. The number of para-hydroxylation sites is 2. The first-order valence-electron chi connectivity index (χ1n) is 17.1. The molecule has 0 saturated carbocycles. The molecule has 10 rings (SSSR count). The minimum atomic E-state index is 0.507. The van der Waals surface area contributed by atoms with Crippen LogP contribution in [0.25, 0.3) is 71.5 Å². The molecule has 2 heteroatoms. The number of fused-ring (bicyclic) bond motifs is 10. The topological polar surface area (TPSA) is 16.4 Å². The molecule has 1 heterocycles. The number of benzene rings is 8. The van der Waals surface area contributed by atoms with Crippen LogP contribution in [0.1, 0.15) is 18.1 Å². The molecule has 0 aliphatic heterocycles. The SMILES string of the molecule is CC1C=Cc2ccc3oc4c(N(c5ccccc5)c5ccc(-c6ccc7c(ccc8ccc9ccccc9c87)c6)cc5)cccc4c3c2C1. The number of hydrogen-bond acceptors (Lipinski definition) is 2. The fourth-order valence-corrected chi connectivity index (χ4v) is 7.99. The third-order valence-electron chi connectivity index (χ3n) is 10.4. The molecule has 1 unspecified atom stereocenters. The van der Waals surface area contributed by atoms with E-state index in [0.29, 0.717) is 5.92 Å². The van der Waals surface area contributed by atoms with Gasteiger partial charge in [-0.1, -0.05) is 128 Å². The number of anilines is 3. The predicted octanol–water partition coefficient (Wildman–Crippen LogP) is 13.4. The third kappa shape index (κ3) is 4.48. The molecule has 8 aromatic carbocycles. The summed E-state index contributed by atoms with van der Waals surface area (Å²) in [5, 5.41) is 10.1. The highest BCUT2D eigenvalue weighted by atomic mass is 16.3. The molecule has 232 valence electrons. The molecular weight excluding hydrogens is 595 g/mol. The second-order valence-electron chi connectivity index (χ2n) is 13.4.